The highest BCUT2D eigenvalue weighted by Gasteiger charge is 2.45. The van der Waals surface area contributed by atoms with Gasteiger partial charge in [-0.15, -0.1) is 23.1 Å². The van der Waals surface area contributed by atoms with Crippen LogP contribution in [0.15, 0.2) is 54.0 Å². The van der Waals surface area contributed by atoms with Crippen molar-refractivity contribution < 1.29 is 42.3 Å². The number of β-amino-alcohol motifs (C(OH)–C–C–N with tert-alkyl or cyclic N) is 1. The number of carbonyl (C=O) groups is 6. The van der Waals surface area contributed by atoms with Crippen molar-refractivity contribution in [3.8, 4) is 10.4 Å². The molecule has 5 saturated heterocycles. The van der Waals surface area contributed by atoms with Crippen molar-refractivity contribution in [3.05, 3.63) is 76.4 Å². The van der Waals surface area contributed by atoms with Crippen LogP contribution in [0.25, 0.3) is 10.4 Å². The van der Waals surface area contributed by atoms with E-state index in [0.29, 0.717) is 57.7 Å². The number of nitrogens with one attached hydrogen (secondary N) is 6. The standard InChI is InChI=1S/C55H79N11O9S3/c1-35-49(77-34-59-35)37-16-14-36(15-17-37)29-57-52(72)44-28-42(67)32-66(44)53(73)50(55(2,3)4)61-46(68)12-7-6-8-13-48(70)64-24-22-63(23-25-64)45-27-39(18-20-56-45)38-10-9-11-40(26-38)43-33-76-54(60-43)62-47(69)30-58-51(71)41-19-21-65(31-41)78(5,74)75/h9-11,14-17,26,34,39,41-45,50,54,56,60,67H,6-8,12-13,18-25,27-33H2,1-5H3,(H,57,72)(H,58,71)(H,61,68)(H,62,69)/t39?,41?,42-,43?,44+,45?,50-,54?/m1/s1. The van der Waals surface area contributed by atoms with Gasteiger partial charge in [-0.1, -0.05) is 75.7 Å². The van der Waals surface area contributed by atoms with Gasteiger partial charge in [-0.2, -0.15) is 0 Å². The van der Waals surface area contributed by atoms with Crippen LogP contribution in [-0.4, -0.2) is 174 Å². The zero-order valence-corrected chi connectivity index (χ0v) is 48.1. The first-order valence-corrected chi connectivity index (χ1v) is 31.3. The molecule has 0 radical (unpaired) electrons. The van der Waals surface area contributed by atoms with Crippen LogP contribution in [0.5, 0.6) is 0 Å². The smallest absolute Gasteiger partial charge is 0.246 e. The van der Waals surface area contributed by atoms with Crippen LogP contribution in [0.3, 0.4) is 0 Å². The second kappa shape index (κ2) is 26.5. The lowest BCUT2D eigenvalue weighted by atomic mass is 9.85. The van der Waals surface area contributed by atoms with Gasteiger partial charge < -0.3 is 41.5 Å². The van der Waals surface area contributed by atoms with Crippen molar-refractivity contribution in [3.63, 3.8) is 0 Å². The summed E-state index contributed by atoms with van der Waals surface area (Å²) < 4.78 is 25.0. The van der Waals surface area contributed by atoms with Crippen molar-refractivity contribution in [1.29, 1.82) is 0 Å². The Morgan fingerprint density at radius 3 is 2.32 bits per heavy atom. The number of aliphatic hydroxyl groups is 1. The summed E-state index contributed by atoms with van der Waals surface area (Å²) in [4.78, 5) is 90.9. The third-order valence-corrected chi connectivity index (χ3v) is 19.1. The van der Waals surface area contributed by atoms with E-state index in [1.165, 1.54) is 14.8 Å². The number of likely N-dealkylation sites (tertiary alicyclic amines) is 1. The highest BCUT2D eigenvalue weighted by atomic mass is 32.2. The minimum atomic E-state index is -3.36. The van der Waals surface area contributed by atoms with Crippen molar-refractivity contribution in [1.82, 2.24) is 55.9 Å². The van der Waals surface area contributed by atoms with Gasteiger partial charge in [0.05, 0.1) is 47.1 Å². The number of rotatable bonds is 20. The van der Waals surface area contributed by atoms with E-state index in [4.69, 9.17) is 0 Å². The largest absolute Gasteiger partial charge is 0.391 e. The van der Waals surface area contributed by atoms with Gasteiger partial charge in [0.15, 0.2) is 0 Å². The summed E-state index contributed by atoms with van der Waals surface area (Å²) in [7, 11) is -3.36. The van der Waals surface area contributed by atoms with Crippen molar-refractivity contribution >= 4 is 68.6 Å². The molecule has 0 aliphatic carbocycles. The SMILES string of the molecule is Cc1ncsc1-c1ccc(CNC(=O)[C@@H]2C[C@@H](O)CN2C(=O)[C@@H](NC(=O)CCCCCC(=O)N2CCN(C3CC(c4cccc(C5CSC(NC(=O)CNC(=O)C6CCN(S(C)(=O)=O)C6)N5)c4)CCN3)CC2)C(C)(C)C)cc1. The Bertz CT molecular complexity index is 2710. The summed E-state index contributed by atoms with van der Waals surface area (Å²) >= 11 is 3.17. The Kier molecular flexibility index (Phi) is 20.1. The number of sulfonamides is 1. The third-order valence-electron chi connectivity index (χ3n) is 15.8. The van der Waals surface area contributed by atoms with E-state index in [9.17, 15) is 42.3 Å². The van der Waals surface area contributed by atoms with E-state index in [2.05, 4.69) is 66.1 Å². The lowest BCUT2D eigenvalue weighted by Crippen LogP contribution is -2.57. The van der Waals surface area contributed by atoms with Gasteiger partial charge >= 0.3 is 0 Å². The molecule has 5 aliphatic heterocycles. The third kappa shape index (κ3) is 15.7. The first kappa shape index (κ1) is 59.1. The zero-order chi connectivity index (χ0) is 55.7. The fraction of sp³-hybridized carbons (Fsp3) is 0.618. The Morgan fingerprint density at radius 2 is 1.62 bits per heavy atom. The molecule has 426 valence electrons. The number of nitrogens with zero attached hydrogens (tertiary/aromatic N) is 5. The number of piperazine rings is 1. The summed E-state index contributed by atoms with van der Waals surface area (Å²) in [6.45, 7) is 11.8. The number of hydrogen-bond acceptors (Lipinski definition) is 15. The molecule has 23 heteroatoms. The van der Waals surface area contributed by atoms with Gasteiger partial charge in [0, 0.05) is 83.4 Å². The molecule has 0 bridgehead atoms. The first-order valence-electron chi connectivity index (χ1n) is 27.5. The summed E-state index contributed by atoms with van der Waals surface area (Å²) in [6.07, 6.45) is 5.45. The Balaban J connectivity index is 0.712. The van der Waals surface area contributed by atoms with E-state index >= 15 is 0 Å². The molecule has 0 spiro atoms. The number of aliphatic hydroxyl groups excluding tert-OH is 1. The van der Waals surface area contributed by atoms with Gasteiger partial charge in [-0.25, -0.2) is 17.7 Å². The summed E-state index contributed by atoms with van der Waals surface area (Å²) in [5, 5.41) is 29.4. The van der Waals surface area contributed by atoms with Crippen LogP contribution in [0.4, 0.5) is 0 Å². The number of aryl methyl sites for hydroxylation is 1. The molecule has 5 aliphatic rings. The van der Waals surface area contributed by atoms with E-state index in [0.717, 1.165) is 71.7 Å². The number of benzene rings is 2. The molecule has 2 aromatic carbocycles. The second-order valence-electron chi connectivity index (χ2n) is 22.6. The Morgan fingerprint density at radius 1 is 0.872 bits per heavy atom. The number of thiazole rings is 1. The van der Waals surface area contributed by atoms with E-state index in [1.807, 2.05) is 62.4 Å². The summed E-state index contributed by atoms with van der Waals surface area (Å²) in [5.74, 6) is -0.891. The normalized spacial score (nSPS) is 24.7. The molecule has 8 rings (SSSR count). The predicted octanol–water partition coefficient (Wildman–Crippen LogP) is 2.99. The fourth-order valence-corrected chi connectivity index (χ4v) is 14.0. The van der Waals surface area contributed by atoms with Crippen LogP contribution < -0.4 is 31.9 Å². The number of thioether (sulfide) groups is 1. The molecule has 3 aromatic rings. The molecule has 6 amide bonds. The quantitative estimate of drug-likeness (QED) is 0.0804. The molecule has 8 atom stereocenters. The monoisotopic (exact) mass is 1130 g/mol. The van der Waals surface area contributed by atoms with Gasteiger partial charge in [0.1, 0.15) is 17.6 Å². The van der Waals surface area contributed by atoms with Gasteiger partial charge in [0.25, 0.3) is 0 Å². The Hall–Kier alpha value is -5.01. The van der Waals surface area contributed by atoms with Gasteiger partial charge in [-0.05, 0) is 79.2 Å². The van der Waals surface area contributed by atoms with Gasteiger partial charge in [0.2, 0.25) is 45.5 Å². The average molecular weight is 1130 g/mol. The molecular formula is C55H79N11O9S3. The molecular weight excluding hydrogens is 1050 g/mol. The number of hydrogen-bond donors (Lipinski definition) is 7. The van der Waals surface area contributed by atoms with Crippen molar-refractivity contribution in [2.75, 3.05) is 70.9 Å². The van der Waals surface area contributed by atoms with Crippen molar-refractivity contribution in [2.24, 2.45) is 11.3 Å². The number of carbonyl (C=O) groups excluding carboxylic acids is 6. The van der Waals surface area contributed by atoms with Crippen LogP contribution in [0.1, 0.15) is 113 Å². The van der Waals surface area contributed by atoms with Gasteiger partial charge in [-0.3, -0.25) is 39.0 Å². The number of amides is 6. The molecule has 0 saturated carbocycles. The lowest BCUT2D eigenvalue weighted by molar-refractivity contribution is -0.144. The summed E-state index contributed by atoms with van der Waals surface area (Å²) in [5.41, 5.74) is 6.18. The minimum absolute atomic E-state index is 0.000651. The van der Waals surface area contributed by atoms with Crippen LogP contribution in [0.2, 0.25) is 0 Å². The van der Waals surface area contributed by atoms with E-state index < -0.39 is 45.5 Å². The maximum absolute atomic E-state index is 14.1. The van der Waals surface area contributed by atoms with E-state index in [-0.39, 0.29) is 86.3 Å². The molecule has 20 nitrogen and oxygen atoms in total. The van der Waals surface area contributed by atoms with Crippen LogP contribution >= 0.6 is 23.1 Å². The highest BCUT2D eigenvalue weighted by molar-refractivity contribution is 8.00. The van der Waals surface area contributed by atoms with E-state index in [1.54, 1.807) is 23.1 Å². The minimum Gasteiger partial charge on any atom is -0.391 e. The molecule has 6 heterocycles. The summed E-state index contributed by atoms with van der Waals surface area (Å²) in [6, 6.07) is 14.8. The molecule has 5 fully saturated rings. The predicted molar refractivity (Wildman–Crippen MR) is 301 cm³/mol. The second-order valence-corrected chi connectivity index (χ2v) is 26.6. The number of unbranched alkanes of at least 4 members (excludes halogenated alkanes) is 2. The number of piperidine rings is 1. The maximum atomic E-state index is 14.1. The zero-order valence-electron chi connectivity index (χ0n) is 45.6. The maximum Gasteiger partial charge on any atom is 0.246 e. The fourth-order valence-electron chi connectivity index (χ4n) is 11.2. The highest BCUT2D eigenvalue weighted by Crippen LogP contribution is 2.34. The topological polar surface area (TPSA) is 255 Å². The molecule has 5 unspecified atom stereocenters. The Labute approximate surface area is 467 Å². The number of aromatic nitrogens is 1. The van der Waals surface area contributed by atoms with Crippen molar-refractivity contribution in [2.45, 2.75) is 134 Å². The molecule has 7 N–H and O–H groups in total. The van der Waals surface area contributed by atoms with Crippen LogP contribution in [0, 0.1) is 18.3 Å². The molecule has 1 aromatic heterocycles. The molecule has 78 heavy (non-hydrogen) atoms. The van der Waals surface area contributed by atoms with Crippen LogP contribution in [-0.2, 0) is 45.3 Å². The lowest BCUT2D eigenvalue weighted by Gasteiger charge is -2.43. The average Bonchev–Trinajstić information content (AvgIpc) is 4.31. The first-order chi connectivity index (χ1) is 37.2.